The Labute approximate surface area is 197 Å². The van der Waals surface area contributed by atoms with Gasteiger partial charge < -0.3 is 0 Å². The molecule has 0 amide bonds. The lowest BCUT2D eigenvalue weighted by Crippen LogP contribution is -2.53. The maximum atomic E-state index is 5.34. The molecule has 2 aliphatic rings. The van der Waals surface area contributed by atoms with Crippen LogP contribution in [0, 0.1) is 5.92 Å². The molecule has 3 heteroatoms. The lowest BCUT2D eigenvalue weighted by Gasteiger charge is -2.30. The van der Waals surface area contributed by atoms with Gasteiger partial charge in [0.05, 0.1) is 10.9 Å². The van der Waals surface area contributed by atoms with Crippen LogP contribution in [-0.4, -0.2) is 9.38 Å². The molecule has 0 spiro atoms. The van der Waals surface area contributed by atoms with E-state index in [9.17, 15) is 0 Å². The molecule has 3 aromatic heterocycles. The minimum Gasteiger partial charge on any atom is -0.252 e. The standard InChI is InChI=1S/C30H38N3/c1-10-29-18(3)30(29,11-2)33-22-15-13-12-14-21(22)32-24(28(7,8)9)17-20-25(26(32)33)19(29)16-23(31-20)27(4,5)6/h12-18H,10-11H2,1-9H3/q+1. The molecule has 3 nitrogen and oxygen atoms in total. The maximum absolute atomic E-state index is 5.34. The molecule has 0 radical (unpaired) electrons. The van der Waals surface area contributed by atoms with Gasteiger partial charge in [-0.05, 0) is 36.6 Å². The molecule has 1 aliphatic heterocycles. The van der Waals surface area contributed by atoms with E-state index in [2.05, 4.69) is 108 Å². The highest BCUT2D eigenvalue weighted by molar-refractivity contribution is 5.99. The Kier molecular flexibility index (Phi) is 3.83. The largest absolute Gasteiger partial charge is 0.297 e. The highest BCUT2D eigenvalue weighted by Crippen LogP contribution is 2.71. The fourth-order valence-corrected chi connectivity index (χ4v) is 7.67. The van der Waals surface area contributed by atoms with Crippen molar-refractivity contribution in [2.24, 2.45) is 5.92 Å². The SMILES string of the molecule is CCC12c3cc(C(C)(C)C)nc4cc(C(C)(C)C)n5c6ccccc6[n+](c5c34)C1(CC)C2C. The van der Waals surface area contributed by atoms with Crippen molar-refractivity contribution >= 4 is 27.6 Å². The van der Waals surface area contributed by atoms with E-state index < -0.39 is 0 Å². The summed E-state index contributed by atoms with van der Waals surface area (Å²) in [6, 6.07) is 13.9. The van der Waals surface area contributed by atoms with E-state index in [1.54, 1.807) is 5.56 Å². The fourth-order valence-electron chi connectivity index (χ4n) is 7.67. The van der Waals surface area contributed by atoms with Crippen molar-refractivity contribution in [2.75, 3.05) is 0 Å². The van der Waals surface area contributed by atoms with Crippen LogP contribution in [0.15, 0.2) is 36.4 Å². The normalized spacial score (nSPS) is 26.5. The van der Waals surface area contributed by atoms with Crippen molar-refractivity contribution in [3.05, 3.63) is 53.3 Å². The predicted octanol–water partition coefficient (Wildman–Crippen LogP) is 6.94. The number of hydrogen-bond acceptors (Lipinski definition) is 1. The highest BCUT2D eigenvalue weighted by atomic mass is 15.3. The quantitative estimate of drug-likeness (QED) is 0.309. The van der Waals surface area contributed by atoms with Gasteiger partial charge >= 0.3 is 0 Å². The first kappa shape index (κ1) is 21.1. The number of benzene rings is 1. The van der Waals surface area contributed by atoms with Crippen LogP contribution in [0.25, 0.3) is 27.6 Å². The van der Waals surface area contributed by atoms with E-state index in [1.165, 1.54) is 39.0 Å². The van der Waals surface area contributed by atoms with Crippen LogP contribution in [0.5, 0.6) is 0 Å². The molecule has 0 bridgehead atoms. The van der Waals surface area contributed by atoms with Gasteiger partial charge in [-0.3, -0.25) is 4.98 Å². The molecule has 6 rings (SSSR count). The second-order valence-corrected chi connectivity index (χ2v) is 12.7. The van der Waals surface area contributed by atoms with Crippen LogP contribution in [0.4, 0.5) is 0 Å². The Hall–Kier alpha value is -2.42. The van der Waals surface area contributed by atoms with Crippen molar-refractivity contribution in [1.29, 1.82) is 0 Å². The first-order valence-corrected chi connectivity index (χ1v) is 12.8. The molecule has 1 aromatic carbocycles. The number of pyridine rings is 2. The summed E-state index contributed by atoms with van der Waals surface area (Å²) in [5, 5.41) is 1.38. The van der Waals surface area contributed by atoms with Gasteiger partial charge in [0.15, 0.2) is 11.0 Å². The van der Waals surface area contributed by atoms with Gasteiger partial charge in [-0.1, -0.05) is 74.4 Å². The summed E-state index contributed by atoms with van der Waals surface area (Å²) in [6.07, 6.45) is 2.30. The molecule has 3 unspecified atom stereocenters. The summed E-state index contributed by atoms with van der Waals surface area (Å²) in [7, 11) is 0. The first-order valence-electron chi connectivity index (χ1n) is 12.8. The van der Waals surface area contributed by atoms with Crippen molar-refractivity contribution in [2.45, 2.75) is 96.9 Å². The van der Waals surface area contributed by atoms with E-state index in [1.807, 2.05) is 0 Å². The van der Waals surface area contributed by atoms with Crippen molar-refractivity contribution in [3.63, 3.8) is 0 Å². The van der Waals surface area contributed by atoms with Gasteiger partial charge in [0.25, 0.3) is 5.65 Å². The average Bonchev–Trinajstić information content (AvgIpc) is 3.13. The van der Waals surface area contributed by atoms with Crippen LogP contribution in [-0.2, 0) is 21.8 Å². The lowest BCUT2D eigenvalue weighted by atomic mass is 9.79. The Morgan fingerprint density at radius 3 is 2.27 bits per heavy atom. The summed E-state index contributed by atoms with van der Waals surface area (Å²) in [6.45, 7) is 21.2. The Bertz CT molecular complexity index is 1480. The van der Waals surface area contributed by atoms with Crippen LogP contribution in [0.2, 0.25) is 0 Å². The lowest BCUT2D eigenvalue weighted by molar-refractivity contribution is -0.700. The van der Waals surface area contributed by atoms with E-state index in [-0.39, 0.29) is 21.8 Å². The maximum Gasteiger partial charge on any atom is 0.297 e. The molecule has 1 aliphatic carbocycles. The molecule has 3 atom stereocenters. The van der Waals surface area contributed by atoms with Gasteiger partial charge in [-0.25, -0.2) is 4.57 Å². The third-order valence-electron chi connectivity index (χ3n) is 9.23. The van der Waals surface area contributed by atoms with Crippen LogP contribution in [0.1, 0.15) is 92.1 Å². The number of nitrogens with zero attached hydrogens (tertiary/aromatic N) is 3. The first-order chi connectivity index (χ1) is 15.4. The van der Waals surface area contributed by atoms with Gasteiger partial charge in [-0.15, -0.1) is 0 Å². The minimum atomic E-state index is 0.00122. The zero-order valence-electron chi connectivity index (χ0n) is 21.8. The third kappa shape index (κ3) is 2.18. The fraction of sp³-hybridized carbons (Fsp3) is 0.533. The van der Waals surface area contributed by atoms with E-state index in [4.69, 9.17) is 4.98 Å². The molecular weight excluding hydrogens is 402 g/mol. The van der Waals surface area contributed by atoms with E-state index in [0.29, 0.717) is 5.92 Å². The Balaban J connectivity index is 1.97. The second kappa shape index (κ2) is 5.98. The summed E-state index contributed by atoms with van der Waals surface area (Å²) < 4.78 is 5.32. The van der Waals surface area contributed by atoms with Gasteiger partial charge in [0.1, 0.15) is 11.2 Å². The number of rotatable bonds is 2. The third-order valence-corrected chi connectivity index (χ3v) is 9.23. The number of imidazole rings is 1. The second-order valence-electron chi connectivity index (χ2n) is 12.7. The molecule has 4 heterocycles. The summed E-state index contributed by atoms with van der Waals surface area (Å²) in [5.74, 6) is 0.587. The van der Waals surface area contributed by atoms with Gasteiger partial charge in [0.2, 0.25) is 0 Å². The molecule has 0 saturated heterocycles. The Morgan fingerprint density at radius 1 is 0.970 bits per heavy atom. The summed E-state index contributed by atoms with van der Waals surface area (Å²) in [4.78, 5) is 5.34. The molecular formula is C30H38N3+. The molecule has 33 heavy (non-hydrogen) atoms. The van der Waals surface area contributed by atoms with E-state index in [0.717, 1.165) is 12.8 Å². The van der Waals surface area contributed by atoms with Crippen molar-refractivity contribution < 1.29 is 4.57 Å². The topological polar surface area (TPSA) is 21.2 Å². The molecule has 4 aromatic rings. The monoisotopic (exact) mass is 440 g/mol. The zero-order valence-corrected chi connectivity index (χ0v) is 21.8. The van der Waals surface area contributed by atoms with Gasteiger partial charge in [-0.2, -0.15) is 4.40 Å². The average molecular weight is 441 g/mol. The summed E-state index contributed by atoms with van der Waals surface area (Å²) in [5.41, 5.74) is 9.61. The predicted molar refractivity (Wildman–Crippen MR) is 137 cm³/mol. The molecule has 0 N–H and O–H groups in total. The molecule has 1 saturated carbocycles. The number of fused-ring (bicyclic) bond motifs is 6. The highest BCUT2D eigenvalue weighted by Gasteiger charge is 2.80. The van der Waals surface area contributed by atoms with Crippen LogP contribution < -0.4 is 4.57 Å². The Morgan fingerprint density at radius 2 is 1.67 bits per heavy atom. The van der Waals surface area contributed by atoms with Crippen molar-refractivity contribution in [1.82, 2.24) is 9.38 Å². The summed E-state index contributed by atoms with van der Waals surface area (Å²) >= 11 is 0. The molecule has 1 fully saturated rings. The number of hydrogen-bond donors (Lipinski definition) is 0. The van der Waals surface area contributed by atoms with Crippen LogP contribution in [0.3, 0.4) is 0 Å². The van der Waals surface area contributed by atoms with Crippen LogP contribution >= 0.6 is 0 Å². The molecule has 172 valence electrons. The smallest absolute Gasteiger partial charge is 0.252 e. The number of para-hydroxylation sites is 2. The number of aromatic nitrogens is 3. The van der Waals surface area contributed by atoms with Gasteiger partial charge in [0, 0.05) is 33.9 Å². The van der Waals surface area contributed by atoms with Crippen molar-refractivity contribution in [3.8, 4) is 0 Å². The van der Waals surface area contributed by atoms with E-state index >= 15 is 0 Å². The minimum absolute atomic E-state index is 0.00122. The zero-order chi connectivity index (χ0) is 23.7.